The molecule has 2 nitrogen and oxygen atoms in total. The highest BCUT2D eigenvalue weighted by Gasteiger charge is 2.61. The van der Waals surface area contributed by atoms with Gasteiger partial charge in [0.2, 0.25) is 0 Å². The van der Waals surface area contributed by atoms with Gasteiger partial charge in [0.15, 0.2) is 5.78 Å². The number of hydrogen-bond donors (Lipinski definition) is 1. The first-order chi connectivity index (χ1) is 13.7. The molecule has 0 aromatic heterocycles. The smallest absolute Gasteiger partial charge is 0.159 e. The molecule has 0 spiro atoms. The second-order valence-corrected chi connectivity index (χ2v) is 12.2. The summed E-state index contributed by atoms with van der Waals surface area (Å²) in [6.45, 7) is 12.1. The standard InChI is InChI=1S/C27H44O2/c1-17(2)7-6-8-18(3)21-9-10-22-25-23(12-14-27(21,22)5)26(4)13-11-20(28)15-19(26)16-24(25)29/h16-18,20-23,25,28H,6-15H2,1-5H3/t18?,20-,21?,22?,23?,25?,26?,27?/m0/s1. The molecule has 4 aliphatic rings. The maximum atomic E-state index is 13.4. The summed E-state index contributed by atoms with van der Waals surface area (Å²) in [5, 5.41) is 10.2. The molecule has 164 valence electrons. The Morgan fingerprint density at radius 2 is 1.79 bits per heavy atom. The Kier molecular flexibility index (Phi) is 5.82. The summed E-state index contributed by atoms with van der Waals surface area (Å²) in [5.41, 5.74) is 1.77. The average molecular weight is 401 g/mol. The number of allylic oxidation sites excluding steroid dienone is 1. The fourth-order valence-electron chi connectivity index (χ4n) is 8.41. The first-order valence-corrected chi connectivity index (χ1v) is 12.6. The van der Waals surface area contributed by atoms with Crippen molar-refractivity contribution in [3.63, 3.8) is 0 Å². The number of carbonyl (C=O) groups excluding carboxylic acids is 1. The molecular formula is C27H44O2. The Balaban J connectivity index is 1.54. The van der Waals surface area contributed by atoms with Gasteiger partial charge in [-0.25, -0.2) is 0 Å². The average Bonchev–Trinajstić information content (AvgIpc) is 3.00. The van der Waals surface area contributed by atoms with E-state index in [1.807, 2.05) is 6.08 Å². The lowest BCUT2D eigenvalue weighted by molar-refractivity contribution is -0.135. The molecule has 2 heteroatoms. The number of carbonyl (C=O) groups is 1. The highest BCUT2D eigenvalue weighted by Crippen LogP contribution is 2.66. The van der Waals surface area contributed by atoms with E-state index in [0.29, 0.717) is 23.0 Å². The summed E-state index contributed by atoms with van der Waals surface area (Å²) in [6.07, 6.45) is 13.6. The fraction of sp³-hybridized carbons (Fsp3) is 0.889. The van der Waals surface area contributed by atoms with E-state index in [1.165, 1.54) is 50.5 Å². The van der Waals surface area contributed by atoms with Crippen LogP contribution in [0.1, 0.15) is 98.8 Å². The lowest BCUT2D eigenvalue weighted by Gasteiger charge is -2.57. The number of aliphatic hydroxyl groups is 1. The van der Waals surface area contributed by atoms with E-state index < -0.39 is 0 Å². The van der Waals surface area contributed by atoms with Crippen LogP contribution < -0.4 is 0 Å². The number of rotatable bonds is 5. The van der Waals surface area contributed by atoms with Crippen molar-refractivity contribution in [2.45, 2.75) is 105 Å². The minimum Gasteiger partial charge on any atom is -0.393 e. The molecule has 0 aromatic rings. The Morgan fingerprint density at radius 3 is 2.52 bits per heavy atom. The molecule has 0 amide bonds. The van der Waals surface area contributed by atoms with Gasteiger partial charge in [0.25, 0.3) is 0 Å². The SMILES string of the molecule is CC(C)CCCC(C)C1CCC2C3C(=O)C=C4C[C@@H](O)CCC4(C)C3CCC12C. The highest BCUT2D eigenvalue weighted by atomic mass is 16.3. The summed E-state index contributed by atoms with van der Waals surface area (Å²) in [4.78, 5) is 13.4. The zero-order valence-electron chi connectivity index (χ0n) is 19.5. The van der Waals surface area contributed by atoms with E-state index >= 15 is 0 Å². The number of hydrogen-bond acceptors (Lipinski definition) is 2. The minimum absolute atomic E-state index is 0.153. The molecule has 0 aliphatic heterocycles. The number of ketones is 1. The van der Waals surface area contributed by atoms with Crippen LogP contribution in [-0.4, -0.2) is 17.0 Å². The molecule has 29 heavy (non-hydrogen) atoms. The molecule has 3 fully saturated rings. The lowest BCUT2D eigenvalue weighted by Crippen LogP contribution is -2.53. The molecule has 4 aliphatic carbocycles. The van der Waals surface area contributed by atoms with Crippen molar-refractivity contribution >= 4 is 5.78 Å². The first kappa shape index (κ1) is 21.6. The quantitative estimate of drug-likeness (QED) is 0.567. The fourth-order valence-corrected chi connectivity index (χ4v) is 8.41. The van der Waals surface area contributed by atoms with Gasteiger partial charge in [-0.3, -0.25) is 4.79 Å². The Hall–Kier alpha value is -0.630. The van der Waals surface area contributed by atoms with Gasteiger partial charge in [-0.2, -0.15) is 0 Å². The molecule has 8 atom stereocenters. The number of aliphatic hydroxyl groups excluding tert-OH is 1. The van der Waals surface area contributed by atoms with Crippen LogP contribution >= 0.6 is 0 Å². The van der Waals surface area contributed by atoms with Crippen molar-refractivity contribution in [3.8, 4) is 0 Å². The van der Waals surface area contributed by atoms with Crippen molar-refractivity contribution < 1.29 is 9.90 Å². The molecule has 0 aromatic carbocycles. The van der Waals surface area contributed by atoms with Crippen LogP contribution in [0.2, 0.25) is 0 Å². The van der Waals surface area contributed by atoms with Crippen LogP contribution in [0.25, 0.3) is 0 Å². The van der Waals surface area contributed by atoms with Gasteiger partial charge >= 0.3 is 0 Å². The summed E-state index contributed by atoms with van der Waals surface area (Å²) >= 11 is 0. The van der Waals surface area contributed by atoms with Gasteiger partial charge in [-0.05, 0) is 91.4 Å². The third-order valence-electron chi connectivity index (χ3n) is 10.1. The maximum Gasteiger partial charge on any atom is 0.159 e. The second-order valence-electron chi connectivity index (χ2n) is 12.2. The van der Waals surface area contributed by atoms with Crippen LogP contribution in [0.5, 0.6) is 0 Å². The van der Waals surface area contributed by atoms with Crippen LogP contribution in [0.15, 0.2) is 11.6 Å². The third kappa shape index (κ3) is 3.56. The Labute approximate surface area is 178 Å². The topological polar surface area (TPSA) is 37.3 Å². The van der Waals surface area contributed by atoms with Crippen molar-refractivity contribution in [2.75, 3.05) is 0 Å². The van der Waals surface area contributed by atoms with Gasteiger partial charge in [-0.1, -0.05) is 59.5 Å². The highest BCUT2D eigenvalue weighted by molar-refractivity contribution is 5.94. The van der Waals surface area contributed by atoms with Gasteiger partial charge in [-0.15, -0.1) is 0 Å². The zero-order chi connectivity index (χ0) is 21.0. The predicted octanol–water partition coefficient (Wildman–Crippen LogP) is 6.57. The van der Waals surface area contributed by atoms with Gasteiger partial charge in [0.1, 0.15) is 0 Å². The van der Waals surface area contributed by atoms with Gasteiger partial charge in [0.05, 0.1) is 6.10 Å². The minimum atomic E-state index is -0.241. The van der Waals surface area contributed by atoms with Crippen LogP contribution in [0.4, 0.5) is 0 Å². The van der Waals surface area contributed by atoms with E-state index in [2.05, 4.69) is 34.6 Å². The molecule has 0 bridgehead atoms. The van der Waals surface area contributed by atoms with Crippen molar-refractivity contribution in [3.05, 3.63) is 11.6 Å². The monoisotopic (exact) mass is 400 g/mol. The van der Waals surface area contributed by atoms with E-state index in [-0.39, 0.29) is 17.4 Å². The number of fused-ring (bicyclic) bond motifs is 5. The molecule has 0 radical (unpaired) electrons. The Bertz CT molecular complexity index is 663. The Morgan fingerprint density at radius 1 is 1.03 bits per heavy atom. The molecule has 4 rings (SSSR count). The molecule has 3 saturated carbocycles. The van der Waals surface area contributed by atoms with Crippen LogP contribution in [0, 0.1) is 46.3 Å². The first-order valence-electron chi connectivity index (χ1n) is 12.6. The normalized spacial score (nSPS) is 45.4. The molecule has 7 unspecified atom stereocenters. The van der Waals surface area contributed by atoms with E-state index in [1.54, 1.807) is 0 Å². The lowest BCUT2D eigenvalue weighted by atomic mass is 9.46. The zero-order valence-corrected chi connectivity index (χ0v) is 19.5. The maximum absolute atomic E-state index is 13.4. The molecule has 1 N–H and O–H groups in total. The summed E-state index contributed by atoms with van der Waals surface area (Å²) < 4.78 is 0. The predicted molar refractivity (Wildman–Crippen MR) is 119 cm³/mol. The van der Waals surface area contributed by atoms with Gasteiger partial charge in [0, 0.05) is 5.92 Å². The molecule has 0 saturated heterocycles. The molecular weight excluding hydrogens is 356 g/mol. The van der Waals surface area contributed by atoms with E-state index in [4.69, 9.17) is 0 Å². The van der Waals surface area contributed by atoms with Crippen molar-refractivity contribution in [1.29, 1.82) is 0 Å². The van der Waals surface area contributed by atoms with E-state index in [9.17, 15) is 9.90 Å². The van der Waals surface area contributed by atoms with E-state index in [0.717, 1.165) is 37.0 Å². The summed E-state index contributed by atoms with van der Waals surface area (Å²) in [7, 11) is 0. The summed E-state index contributed by atoms with van der Waals surface area (Å²) in [5.74, 6) is 4.11. The van der Waals surface area contributed by atoms with Crippen LogP contribution in [-0.2, 0) is 4.79 Å². The summed E-state index contributed by atoms with van der Waals surface area (Å²) in [6, 6.07) is 0. The van der Waals surface area contributed by atoms with Crippen LogP contribution in [0.3, 0.4) is 0 Å². The molecule has 0 heterocycles. The van der Waals surface area contributed by atoms with Gasteiger partial charge < -0.3 is 5.11 Å². The van der Waals surface area contributed by atoms with Crippen molar-refractivity contribution in [1.82, 2.24) is 0 Å². The largest absolute Gasteiger partial charge is 0.393 e. The second kappa shape index (κ2) is 7.81. The van der Waals surface area contributed by atoms with Crippen molar-refractivity contribution in [2.24, 2.45) is 46.3 Å². The third-order valence-corrected chi connectivity index (χ3v) is 10.1.